The van der Waals surface area contributed by atoms with Crippen LogP contribution >= 0.6 is 11.3 Å². The molecule has 0 bridgehead atoms. The van der Waals surface area contributed by atoms with Gasteiger partial charge < -0.3 is 4.74 Å². The third-order valence-corrected chi connectivity index (χ3v) is 8.86. The summed E-state index contributed by atoms with van der Waals surface area (Å²) in [5.74, 6) is 0. The Morgan fingerprint density at radius 1 is 1.27 bits per heavy atom. The summed E-state index contributed by atoms with van der Waals surface area (Å²) in [5, 5.41) is 0.642. The van der Waals surface area contributed by atoms with Crippen molar-refractivity contribution in [2.75, 3.05) is 13.2 Å². The number of nitrogens with zero attached hydrogens (tertiary/aromatic N) is 3. The SMILES string of the molecule is Cc1ccc(S(=O)(=O)N2CCc3c(sc4ncn(CC5CCCO5)c(=O)c34)C2)cc1. The van der Waals surface area contributed by atoms with E-state index in [-0.39, 0.29) is 18.2 Å². The van der Waals surface area contributed by atoms with Gasteiger partial charge in [0.1, 0.15) is 4.83 Å². The van der Waals surface area contributed by atoms with Gasteiger partial charge in [-0.25, -0.2) is 13.4 Å². The van der Waals surface area contributed by atoms with Gasteiger partial charge in [-0.1, -0.05) is 17.7 Å². The first-order valence-electron chi connectivity index (χ1n) is 10.1. The number of aryl methyl sites for hydroxylation is 1. The van der Waals surface area contributed by atoms with Crippen molar-refractivity contribution in [2.45, 2.75) is 50.3 Å². The van der Waals surface area contributed by atoms with E-state index in [1.54, 1.807) is 23.0 Å². The molecule has 0 saturated carbocycles. The van der Waals surface area contributed by atoms with Crippen LogP contribution in [0.3, 0.4) is 0 Å². The van der Waals surface area contributed by atoms with Crippen molar-refractivity contribution in [1.29, 1.82) is 0 Å². The molecule has 3 aromatic rings. The van der Waals surface area contributed by atoms with Crippen molar-refractivity contribution in [3.8, 4) is 0 Å². The number of sulfonamides is 1. The first kappa shape index (κ1) is 19.9. The van der Waals surface area contributed by atoms with E-state index in [2.05, 4.69) is 4.98 Å². The van der Waals surface area contributed by atoms with E-state index in [1.807, 2.05) is 19.1 Å². The zero-order valence-corrected chi connectivity index (χ0v) is 18.3. The summed E-state index contributed by atoms with van der Waals surface area (Å²) < 4.78 is 34.9. The second-order valence-corrected chi connectivity index (χ2v) is 10.9. The number of hydrogen-bond acceptors (Lipinski definition) is 6. The molecule has 0 spiro atoms. The molecule has 2 aliphatic rings. The smallest absolute Gasteiger partial charge is 0.262 e. The molecule has 30 heavy (non-hydrogen) atoms. The van der Waals surface area contributed by atoms with Gasteiger partial charge in [0, 0.05) is 24.6 Å². The highest BCUT2D eigenvalue weighted by Crippen LogP contribution is 2.34. The summed E-state index contributed by atoms with van der Waals surface area (Å²) in [4.78, 5) is 19.5. The van der Waals surface area contributed by atoms with E-state index in [4.69, 9.17) is 4.74 Å². The van der Waals surface area contributed by atoms with Gasteiger partial charge in [0.2, 0.25) is 10.0 Å². The van der Waals surface area contributed by atoms with Gasteiger partial charge in [-0.2, -0.15) is 4.31 Å². The summed E-state index contributed by atoms with van der Waals surface area (Å²) in [5.41, 5.74) is 1.91. The van der Waals surface area contributed by atoms with Crippen molar-refractivity contribution in [1.82, 2.24) is 13.9 Å². The minimum Gasteiger partial charge on any atom is -0.376 e. The van der Waals surface area contributed by atoms with Gasteiger partial charge in [-0.15, -0.1) is 11.3 Å². The molecule has 7 nitrogen and oxygen atoms in total. The molecule has 0 aliphatic carbocycles. The Morgan fingerprint density at radius 3 is 2.80 bits per heavy atom. The molecule has 2 aromatic heterocycles. The predicted octanol–water partition coefficient (Wildman–Crippen LogP) is 2.69. The molecular formula is C21H23N3O4S2. The highest BCUT2D eigenvalue weighted by atomic mass is 32.2. The second kappa shape index (κ2) is 7.56. The molecule has 0 amide bonds. The zero-order valence-electron chi connectivity index (χ0n) is 16.7. The van der Waals surface area contributed by atoms with Gasteiger partial charge in [0.25, 0.3) is 5.56 Å². The van der Waals surface area contributed by atoms with E-state index < -0.39 is 10.0 Å². The Kier molecular flexibility index (Phi) is 5.01. The Labute approximate surface area is 179 Å². The third-order valence-electron chi connectivity index (χ3n) is 5.88. The monoisotopic (exact) mass is 445 g/mol. The molecule has 2 aliphatic heterocycles. The molecule has 1 unspecified atom stereocenters. The summed E-state index contributed by atoms with van der Waals surface area (Å²) in [7, 11) is -3.57. The van der Waals surface area contributed by atoms with Crippen LogP contribution in [0.15, 0.2) is 40.3 Å². The van der Waals surface area contributed by atoms with E-state index >= 15 is 0 Å². The lowest BCUT2D eigenvalue weighted by Crippen LogP contribution is -2.35. The third kappa shape index (κ3) is 3.39. The first-order chi connectivity index (χ1) is 14.4. The lowest BCUT2D eigenvalue weighted by molar-refractivity contribution is 0.0960. The van der Waals surface area contributed by atoms with E-state index in [0.717, 1.165) is 35.5 Å². The number of ether oxygens (including phenoxy) is 1. The number of benzene rings is 1. The van der Waals surface area contributed by atoms with Crippen LogP contribution in [-0.2, 0) is 34.3 Å². The molecule has 158 valence electrons. The van der Waals surface area contributed by atoms with E-state index in [9.17, 15) is 13.2 Å². The molecule has 1 aromatic carbocycles. The first-order valence-corrected chi connectivity index (χ1v) is 12.4. The van der Waals surface area contributed by atoms with Crippen molar-refractivity contribution < 1.29 is 13.2 Å². The Morgan fingerprint density at radius 2 is 2.07 bits per heavy atom. The highest BCUT2D eigenvalue weighted by molar-refractivity contribution is 7.89. The standard InChI is InChI=1S/C21H23N3O4S2/c1-14-4-6-16(7-5-14)30(26,27)24-9-8-17-18(12-24)29-20-19(17)21(25)23(13-22-20)11-15-3-2-10-28-15/h4-7,13,15H,2-3,8-12H2,1H3. The zero-order chi connectivity index (χ0) is 20.9. The van der Waals surface area contributed by atoms with Gasteiger partial charge in [0.15, 0.2) is 0 Å². The lowest BCUT2D eigenvalue weighted by Gasteiger charge is -2.26. The second-order valence-electron chi connectivity index (χ2n) is 7.92. The fourth-order valence-corrected chi connectivity index (χ4v) is 6.88. The maximum atomic E-state index is 13.1. The minimum atomic E-state index is -3.57. The molecule has 0 N–H and O–H groups in total. The highest BCUT2D eigenvalue weighted by Gasteiger charge is 2.31. The average Bonchev–Trinajstić information content (AvgIpc) is 3.37. The van der Waals surface area contributed by atoms with Gasteiger partial charge in [-0.3, -0.25) is 9.36 Å². The Bertz CT molecular complexity index is 1260. The van der Waals surface area contributed by atoms with Crippen LogP contribution in [0.2, 0.25) is 0 Å². The molecule has 1 saturated heterocycles. The normalized spacial score (nSPS) is 20.0. The quantitative estimate of drug-likeness (QED) is 0.617. The molecule has 4 heterocycles. The summed E-state index contributed by atoms with van der Waals surface area (Å²) in [6, 6.07) is 6.91. The Balaban J connectivity index is 1.47. The topological polar surface area (TPSA) is 81.5 Å². The Hall–Kier alpha value is -2.07. The molecule has 0 radical (unpaired) electrons. The lowest BCUT2D eigenvalue weighted by atomic mass is 10.1. The van der Waals surface area contributed by atoms with Crippen LogP contribution in [0.25, 0.3) is 10.2 Å². The van der Waals surface area contributed by atoms with Crippen LogP contribution in [-0.4, -0.2) is 41.5 Å². The van der Waals surface area contributed by atoms with Crippen LogP contribution in [0.1, 0.15) is 28.8 Å². The van der Waals surface area contributed by atoms with Crippen LogP contribution < -0.4 is 5.56 Å². The van der Waals surface area contributed by atoms with Gasteiger partial charge >= 0.3 is 0 Å². The number of aromatic nitrogens is 2. The fraction of sp³-hybridized carbons (Fsp3) is 0.429. The van der Waals surface area contributed by atoms with Crippen molar-refractivity contribution in [3.05, 3.63) is 57.0 Å². The molecule has 1 fully saturated rings. The largest absolute Gasteiger partial charge is 0.376 e. The molecule has 5 rings (SSSR count). The van der Waals surface area contributed by atoms with Gasteiger partial charge in [0.05, 0.1) is 29.3 Å². The number of thiophene rings is 1. The minimum absolute atomic E-state index is 0.0529. The predicted molar refractivity (Wildman–Crippen MR) is 115 cm³/mol. The fourth-order valence-electron chi connectivity index (χ4n) is 4.20. The van der Waals surface area contributed by atoms with E-state index in [1.165, 1.54) is 15.6 Å². The van der Waals surface area contributed by atoms with Crippen LogP contribution in [0.4, 0.5) is 0 Å². The van der Waals surface area contributed by atoms with Gasteiger partial charge in [-0.05, 0) is 43.9 Å². The van der Waals surface area contributed by atoms with Crippen LogP contribution in [0, 0.1) is 6.92 Å². The average molecular weight is 446 g/mol. The molecule has 9 heteroatoms. The van der Waals surface area contributed by atoms with Crippen LogP contribution in [0.5, 0.6) is 0 Å². The number of fused-ring (bicyclic) bond motifs is 3. The van der Waals surface area contributed by atoms with E-state index in [0.29, 0.717) is 34.6 Å². The maximum Gasteiger partial charge on any atom is 0.262 e. The van der Waals surface area contributed by atoms with Crippen molar-refractivity contribution in [3.63, 3.8) is 0 Å². The summed E-state index contributed by atoms with van der Waals surface area (Å²) in [6.07, 6.45) is 4.15. The van der Waals surface area contributed by atoms with Crippen molar-refractivity contribution >= 4 is 31.6 Å². The number of rotatable bonds is 4. The summed E-state index contributed by atoms with van der Waals surface area (Å²) >= 11 is 1.42. The maximum absolute atomic E-state index is 13.1. The molecular weight excluding hydrogens is 422 g/mol. The molecule has 1 atom stereocenters. The van der Waals surface area contributed by atoms with Crippen molar-refractivity contribution in [2.24, 2.45) is 0 Å². The summed E-state index contributed by atoms with van der Waals surface area (Å²) in [6.45, 7) is 3.82. The number of hydrogen-bond donors (Lipinski definition) is 0.